The maximum Gasteiger partial charge on any atom is 0.408 e. The zero-order valence-corrected chi connectivity index (χ0v) is 24.2. The number of carboxylic acids is 2. The smallest absolute Gasteiger partial charge is 0.408 e. The van der Waals surface area contributed by atoms with E-state index < -0.39 is 71.4 Å². The highest BCUT2D eigenvalue weighted by atomic mass is 16.6. The Kier molecular flexibility index (Phi) is 14.1. The van der Waals surface area contributed by atoms with Crippen molar-refractivity contribution in [2.75, 3.05) is 6.54 Å². The molecule has 0 saturated carbocycles. The van der Waals surface area contributed by atoms with Gasteiger partial charge in [0.25, 0.3) is 5.78 Å². The Morgan fingerprint density at radius 3 is 1.92 bits per heavy atom. The van der Waals surface area contributed by atoms with Crippen LogP contribution in [-0.2, 0) is 28.7 Å². The van der Waals surface area contributed by atoms with E-state index in [9.17, 15) is 28.8 Å². The lowest BCUT2D eigenvalue weighted by atomic mass is 9.99. The fourth-order valence-corrected chi connectivity index (χ4v) is 3.60. The van der Waals surface area contributed by atoms with Gasteiger partial charge < -0.3 is 35.6 Å². The van der Waals surface area contributed by atoms with E-state index >= 15 is 0 Å². The molecular formula is C26H45N3O10. The third-order valence-corrected chi connectivity index (χ3v) is 5.03. The molecule has 0 aromatic rings. The SMILES string of the molecule is CC(C)(C)O.CC(C)C[C@H](NC(=O)C1CCCN1C(=O)[C@H](CCC(=O)O)NC(=O)OC(C)(C)C)C(=O)C(=O)O. The predicted octanol–water partition coefficient (Wildman–Crippen LogP) is 1.70. The normalized spacial score (nSPS) is 16.9. The lowest BCUT2D eigenvalue weighted by Gasteiger charge is -2.30. The van der Waals surface area contributed by atoms with Gasteiger partial charge in [-0.1, -0.05) is 13.8 Å². The topological polar surface area (TPSA) is 200 Å². The summed E-state index contributed by atoms with van der Waals surface area (Å²) in [5, 5.41) is 31.4. The first kappa shape index (κ1) is 35.8. The standard InChI is InChI=1S/C22H35N3O9.C4H10O/c1-12(2)11-14(17(28)20(31)32)23-18(29)15-7-6-10-25(15)19(30)13(8-9-16(26)27)24-21(33)34-22(3,4)5;1-4(2,3)5/h12-15H,6-11H2,1-5H3,(H,23,29)(H,24,33)(H,26,27)(H,31,32);5H,1-3H3/t13-,14-,15?;/m0./s1. The van der Waals surface area contributed by atoms with E-state index in [-0.39, 0.29) is 31.7 Å². The number of carbonyl (C=O) groups excluding carboxylic acids is 4. The van der Waals surface area contributed by atoms with Gasteiger partial charge >= 0.3 is 18.0 Å². The van der Waals surface area contributed by atoms with Gasteiger partial charge in [-0.25, -0.2) is 9.59 Å². The summed E-state index contributed by atoms with van der Waals surface area (Å²) in [5.41, 5.74) is -1.34. The summed E-state index contributed by atoms with van der Waals surface area (Å²) >= 11 is 0. The van der Waals surface area contributed by atoms with Crippen molar-refractivity contribution in [3.63, 3.8) is 0 Å². The van der Waals surface area contributed by atoms with Gasteiger partial charge in [-0.15, -0.1) is 0 Å². The van der Waals surface area contributed by atoms with Crippen LogP contribution in [0.1, 0.15) is 87.5 Å². The molecule has 1 heterocycles. The summed E-state index contributed by atoms with van der Waals surface area (Å²) in [6, 6.07) is -3.48. The first-order chi connectivity index (χ1) is 17.6. The van der Waals surface area contributed by atoms with Crippen molar-refractivity contribution in [2.24, 2.45) is 5.92 Å². The Morgan fingerprint density at radius 1 is 0.949 bits per heavy atom. The summed E-state index contributed by atoms with van der Waals surface area (Å²) in [5.74, 6) is -5.39. The number of nitrogens with one attached hydrogen (secondary N) is 2. The summed E-state index contributed by atoms with van der Waals surface area (Å²) in [6.07, 6.45) is -0.680. The number of likely N-dealkylation sites (tertiary alicyclic amines) is 1. The molecule has 0 spiro atoms. The van der Waals surface area contributed by atoms with E-state index in [1.54, 1.807) is 55.4 Å². The maximum atomic E-state index is 13.2. The summed E-state index contributed by atoms with van der Waals surface area (Å²) in [7, 11) is 0. The number of hydrogen-bond donors (Lipinski definition) is 5. The molecule has 1 fully saturated rings. The van der Waals surface area contributed by atoms with Crippen LogP contribution >= 0.6 is 0 Å². The quantitative estimate of drug-likeness (QED) is 0.232. The predicted molar refractivity (Wildman–Crippen MR) is 141 cm³/mol. The van der Waals surface area contributed by atoms with Crippen LogP contribution < -0.4 is 10.6 Å². The minimum atomic E-state index is -1.67. The number of aliphatic hydroxyl groups is 1. The lowest BCUT2D eigenvalue weighted by molar-refractivity contribution is -0.151. The van der Waals surface area contributed by atoms with E-state index in [2.05, 4.69) is 10.6 Å². The number of aliphatic carboxylic acids is 2. The number of nitrogens with zero attached hydrogens (tertiary/aromatic N) is 1. The van der Waals surface area contributed by atoms with Crippen LogP contribution in [0.4, 0.5) is 4.79 Å². The number of carboxylic acid groups (broad SMARTS) is 2. The number of amides is 3. The molecule has 224 valence electrons. The van der Waals surface area contributed by atoms with Gasteiger partial charge in [0.15, 0.2) is 0 Å². The fourth-order valence-electron chi connectivity index (χ4n) is 3.60. The molecule has 0 aromatic carbocycles. The first-order valence-corrected chi connectivity index (χ1v) is 12.9. The van der Waals surface area contributed by atoms with Crippen LogP contribution in [0.3, 0.4) is 0 Å². The van der Waals surface area contributed by atoms with Crippen LogP contribution in [0.15, 0.2) is 0 Å². The molecule has 5 N–H and O–H groups in total. The minimum Gasteiger partial charge on any atom is -0.481 e. The van der Waals surface area contributed by atoms with Crippen LogP contribution in [0.25, 0.3) is 0 Å². The number of ketones is 1. The van der Waals surface area contributed by atoms with Gasteiger partial charge in [0.05, 0.1) is 11.6 Å². The number of alkyl carbamates (subject to hydrolysis) is 1. The first-order valence-electron chi connectivity index (χ1n) is 12.9. The molecule has 0 aromatic heterocycles. The highest BCUT2D eigenvalue weighted by Crippen LogP contribution is 2.21. The van der Waals surface area contributed by atoms with E-state index in [0.717, 1.165) is 0 Å². The zero-order chi connectivity index (χ0) is 30.7. The molecular weight excluding hydrogens is 514 g/mol. The van der Waals surface area contributed by atoms with Crippen molar-refractivity contribution in [1.82, 2.24) is 15.5 Å². The van der Waals surface area contributed by atoms with Crippen molar-refractivity contribution in [3.8, 4) is 0 Å². The number of Topliss-reactive ketones (excluding diaryl/α,β-unsaturated/α-hetero) is 1. The van der Waals surface area contributed by atoms with Gasteiger partial charge in [0, 0.05) is 13.0 Å². The van der Waals surface area contributed by atoms with Gasteiger partial charge in [0.1, 0.15) is 17.7 Å². The average molecular weight is 560 g/mol. The molecule has 1 aliphatic heterocycles. The van der Waals surface area contributed by atoms with Crippen LogP contribution in [0.5, 0.6) is 0 Å². The van der Waals surface area contributed by atoms with Crippen molar-refractivity contribution < 1.29 is 48.8 Å². The van der Waals surface area contributed by atoms with E-state index in [1.807, 2.05) is 0 Å². The molecule has 13 nitrogen and oxygen atoms in total. The number of ether oxygens (including phenoxy) is 1. The molecule has 1 saturated heterocycles. The van der Waals surface area contributed by atoms with Gasteiger partial charge in [-0.3, -0.25) is 19.2 Å². The number of hydrogen-bond acceptors (Lipinski definition) is 8. The Balaban J connectivity index is 0.00000263. The molecule has 0 radical (unpaired) electrons. The molecule has 13 heteroatoms. The fraction of sp³-hybridized carbons (Fsp3) is 0.769. The third-order valence-electron chi connectivity index (χ3n) is 5.03. The summed E-state index contributed by atoms with van der Waals surface area (Å²) in [6.45, 7) is 13.9. The Labute approximate surface area is 229 Å². The monoisotopic (exact) mass is 559 g/mol. The number of carbonyl (C=O) groups is 6. The Hall–Kier alpha value is -3.22. The molecule has 0 bridgehead atoms. The Morgan fingerprint density at radius 2 is 1.49 bits per heavy atom. The zero-order valence-electron chi connectivity index (χ0n) is 24.2. The van der Waals surface area contributed by atoms with Gasteiger partial charge in [0.2, 0.25) is 11.8 Å². The second-order valence-corrected chi connectivity index (χ2v) is 11.9. The Bertz CT molecular complexity index is 883. The average Bonchev–Trinajstić information content (AvgIpc) is 3.22. The lowest BCUT2D eigenvalue weighted by Crippen LogP contribution is -2.56. The van der Waals surface area contributed by atoms with Crippen molar-refractivity contribution >= 4 is 35.6 Å². The molecule has 3 atom stereocenters. The number of rotatable bonds is 11. The van der Waals surface area contributed by atoms with E-state index in [1.165, 1.54) is 4.90 Å². The van der Waals surface area contributed by atoms with Crippen molar-refractivity contribution in [2.45, 2.75) is 117 Å². The van der Waals surface area contributed by atoms with Crippen LogP contribution in [0, 0.1) is 5.92 Å². The van der Waals surface area contributed by atoms with Gasteiger partial charge in [-0.05, 0) is 73.1 Å². The molecule has 1 unspecified atom stereocenters. The highest BCUT2D eigenvalue weighted by Gasteiger charge is 2.40. The summed E-state index contributed by atoms with van der Waals surface area (Å²) < 4.78 is 5.16. The third kappa shape index (κ3) is 15.7. The van der Waals surface area contributed by atoms with Crippen LogP contribution in [-0.4, -0.2) is 91.7 Å². The maximum absolute atomic E-state index is 13.2. The molecule has 0 aliphatic carbocycles. The van der Waals surface area contributed by atoms with Gasteiger partial charge in [-0.2, -0.15) is 0 Å². The van der Waals surface area contributed by atoms with Crippen LogP contribution in [0.2, 0.25) is 0 Å². The second-order valence-electron chi connectivity index (χ2n) is 11.9. The van der Waals surface area contributed by atoms with E-state index in [4.69, 9.17) is 20.1 Å². The largest absolute Gasteiger partial charge is 0.481 e. The molecule has 1 aliphatic rings. The second kappa shape index (κ2) is 15.4. The van der Waals surface area contributed by atoms with Crippen molar-refractivity contribution in [1.29, 1.82) is 0 Å². The highest BCUT2D eigenvalue weighted by molar-refractivity contribution is 6.35. The molecule has 39 heavy (non-hydrogen) atoms. The summed E-state index contributed by atoms with van der Waals surface area (Å²) in [4.78, 5) is 73.8. The minimum absolute atomic E-state index is 0.0756. The molecule has 3 amide bonds. The van der Waals surface area contributed by atoms with E-state index in [0.29, 0.717) is 6.42 Å². The van der Waals surface area contributed by atoms with Crippen molar-refractivity contribution in [3.05, 3.63) is 0 Å². The molecule has 1 rings (SSSR count).